The monoisotopic (exact) mass is 336 g/mol. The minimum atomic E-state index is -0.502. The summed E-state index contributed by atoms with van der Waals surface area (Å²) in [6.45, 7) is 1.87. The van der Waals surface area contributed by atoms with Crippen molar-refractivity contribution in [2.24, 2.45) is 0 Å². The first-order valence-electron chi connectivity index (χ1n) is 6.45. The highest BCUT2D eigenvalue weighted by Gasteiger charge is 2.07. The predicted molar refractivity (Wildman–Crippen MR) is 82.1 cm³/mol. The molecule has 2 rings (SSSR count). The smallest absolute Gasteiger partial charge is 0.141 e. The fraction of sp³-hybridized carbons (Fsp3) is 0.250. The second-order valence-electron chi connectivity index (χ2n) is 4.59. The molecule has 0 heterocycles. The van der Waals surface area contributed by atoms with Crippen LogP contribution in [-0.4, -0.2) is 16.8 Å². The number of benzene rings is 2. The lowest BCUT2D eigenvalue weighted by molar-refractivity contribution is 0.199. The van der Waals surface area contributed by atoms with Crippen LogP contribution < -0.4 is 4.74 Å². The number of aliphatic hydroxyl groups excluding tert-OH is 2. The van der Waals surface area contributed by atoms with Crippen molar-refractivity contribution in [1.29, 1.82) is 0 Å². The maximum Gasteiger partial charge on any atom is 0.141 e. The second-order valence-corrected chi connectivity index (χ2v) is 5.44. The summed E-state index contributed by atoms with van der Waals surface area (Å²) >= 11 is 3.44. The molecule has 0 saturated carbocycles. The van der Waals surface area contributed by atoms with E-state index in [4.69, 9.17) is 9.84 Å². The molecule has 0 fully saturated rings. The Bertz CT molecular complexity index is 564. The largest absolute Gasteiger partial charge is 0.456 e. The third kappa shape index (κ3) is 3.82. The van der Waals surface area contributed by atoms with E-state index in [2.05, 4.69) is 15.9 Å². The Labute approximate surface area is 127 Å². The predicted octanol–water partition coefficient (Wildman–Crippen LogP) is 3.83. The van der Waals surface area contributed by atoms with Gasteiger partial charge in [-0.05, 0) is 64.7 Å². The van der Waals surface area contributed by atoms with Gasteiger partial charge in [-0.2, -0.15) is 0 Å². The molecule has 2 aromatic carbocycles. The maximum absolute atomic E-state index is 9.53. The lowest BCUT2D eigenvalue weighted by atomic mass is 10.1. The van der Waals surface area contributed by atoms with Crippen LogP contribution in [0, 0.1) is 0 Å². The third-order valence-electron chi connectivity index (χ3n) is 2.99. The molecule has 0 aromatic heterocycles. The van der Waals surface area contributed by atoms with Gasteiger partial charge in [-0.15, -0.1) is 0 Å². The van der Waals surface area contributed by atoms with Crippen molar-refractivity contribution in [3.8, 4) is 11.5 Å². The van der Waals surface area contributed by atoms with Gasteiger partial charge in [0.2, 0.25) is 0 Å². The normalized spacial score (nSPS) is 12.2. The number of hydrogen-bond acceptors (Lipinski definition) is 3. The SMILES string of the molecule is C[C@@H](O)c1ccc(Oc2ccc(CCO)cc2)c(Br)c1. The number of hydrogen-bond donors (Lipinski definition) is 2. The van der Waals surface area contributed by atoms with Crippen molar-refractivity contribution in [2.75, 3.05) is 6.61 Å². The van der Waals surface area contributed by atoms with Crippen LogP contribution in [-0.2, 0) is 6.42 Å². The lowest BCUT2D eigenvalue weighted by Gasteiger charge is -2.11. The summed E-state index contributed by atoms with van der Waals surface area (Å²) in [5.74, 6) is 1.43. The highest BCUT2D eigenvalue weighted by Crippen LogP contribution is 2.32. The number of ether oxygens (including phenoxy) is 1. The van der Waals surface area contributed by atoms with Gasteiger partial charge in [-0.25, -0.2) is 0 Å². The Morgan fingerprint density at radius 2 is 1.85 bits per heavy atom. The van der Waals surface area contributed by atoms with Gasteiger partial charge in [0, 0.05) is 6.61 Å². The quantitative estimate of drug-likeness (QED) is 0.872. The highest BCUT2D eigenvalue weighted by atomic mass is 79.9. The van der Waals surface area contributed by atoms with E-state index in [0.717, 1.165) is 21.3 Å². The van der Waals surface area contributed by atoms with Crippen LogP contribution in [0.25, 0.3) is 0 Å². The van der Waals surface area contributed by atoms with E-state index in [1.54, 1.807) is 6.92 Å². The summed E-state index contributed by atoms with van der Waals surface area (Å²) in [5.41, 5.74) is 1.91. The van der Waals surface area contributed by atoms with E-state index >= 15 is 0 Å². The standard InChI is InChI=1S/C16H17BrO3/c1-11(19)13-4-7-16(15(17)10-13)20-14-5-2-12(3-6-14)8-9-18/h2-7,10-11,18-19H,8-9H2,1H3/t11-/m1/s1. The molecular weight excluding hydrogens is 320 g/mol. The molecule has 106 valence electrons. The number of halogens is 1. The summed E-state index contributed by atoms with van der Waals surface area (Å²) in [7, 11) is 0. The van der Waals surface area contributed by atoms with Crippen LogP contribution in [0.3, 0.4) is 0 Å². The van der Waals surface area contributed by atoms with E-state index < -0.39 is 6.10 Å². The van der Waals surface area contributed by atoms with E-state index in [1.165, 1.54) is 0 Å². The molecular formula is C16H17BrO3. The summed E-state index contributed by atoms with van der Waals surface area (Å²) in [5, 5.41) is 18.4. The molecule has 0 aliphatic heterocycles. The minimum Gasteiger partial charge on any atom is -0.456 e. The van der Waals surface area contributed by atoms with Crippen molar-refractivity contribution < 1.29 is 14.9 Å². The summed E-state index contributed by atoms with van der Waals surface area (Å²) in [6, 6.07) is 13.1. The Hall–Kier alpha value is -1.36. The Kier molecular flexibility index (Phi) is 5.17. The zero-order valence-corrected chi connectivity index (χ0v) is 12.8. The molecule has 0 unspecified atom stereocenters. The molecule has 0 amide bonds. The first kappa shape index (κ1) is 15.0. The van der Waals surface area contributed by atoms with Crippen LogP contribution in [0.2, 0.25) is 0 Å². The summed E-state index contributed by atoms with van der Waals surface area (Å²) < 4.78 is 6.59. The van der Waals surface area contributed by atoms with Gasteiger partial charge in [0.1, 0.15) is 11.5 Å². The zero-order valence-electron chi connectivity index (χ0n) is 11.2. The molecule has 1 atom stereocenters. The first-order chi connectivity index (χ1) is 9.60. The Morgan fingerprint density at radius 3 is 2.40 bits per heavy atom. The van der Waals surface area contributed by atoms with Gasteiger partial charge >= 0.3 is 0 Å². The lowest BCUT2D eigenvalue weighted by Crippen LogP contribution is -1.93. The number of aliphatic hydroxyl groups is 2. The van der Waals surface area contributed by atoms with Crippen molar-refractivity contribution >= 4 is 15.9 Å². The van der Waals surface area contributed by atoms with Crippen LogP contribution in [0.5, 0.6) is 11.5 Å². The van der Waals surface area contributed by atoms with E-state index in [-0.39, 0.29) is 6.61 Å². The molecule has 20 heavy (non-hydrogen) atoms. The fourth-order valence-corrected chi connectivity index (χ4v) is 2.32. The van der Waals surface area contributed by atoms with Gasteiger partial charge in [0.25, 0.3) is 0 Å². The molecule has 3 nitrogen and oxygen atoms in total. The van der Waals surface area contributed by atoms with Crippen LogP contribution >= 0.6 is 15.9 Å². The van der Waals surface area contributed by atoms with Crippen molar-refractivity contribution in [3.63, 3.8) is 0 Å². The van der Waals surface area contributed by atoms with Crippen LogP contribution in [0.4, 0.5) is 0 Å². The van der Waals surface area contributed by atoms with Crippen molar-refractivity contribution in [2.45, 2.75) is 19.4 Å². The molecule has 0 radical (unpaired) electrons. The molecule has 2 N–H and O–H groups in total. The molecule has 4 heteroatoms. The molecule has 0 saturated heterocycles. The highest BCUT2D eigenvalue weighted by molar-refractivity contribution is 9.10. The molecule has 0 aliphatic rings. The van der Waals surface area contributed by atoms with Gasteiger partial charge in [0.15, 0.2) is 0 Å². The Balaban J connectivity index is 2.13. The molecule has 0 aliphatic carbocycles. The van der Waals surface area contributed by atoms with Crippen molar-refractivity contribution in [3.05, 3.63) is 58.1 Å². The third-order valence-corrected chi connectivity index (χ3v) is 3.61. The zero-order chi connectivity index (χ0) is 14.5. The van der Waals surface area contributed by atoms with E-state index in [1.807, 2.05) is 42.5 Å². The Morgan fingerprint density at radius 1 is 1.15 bits per heavy atom. The molecule has 0 bridgehead atoms. The van der Waals surface area contributed by atoms with Gasteiger partial charge in [-0.3, -0.25) is 0 Å². The second kappa shape index (κ2) is 6.88. The first-order valence-corrected chi connectivity index (χ1v) is 7.24. The van der Waals surface area contributed by atoms with Crippen molar-refractivity contribution in [1.82, 2.24) is 0 Å². The summed E-state index contributed by atoms with van der Waals surface area (Å²) in [4.78, 5) is 0. The van der Waals surface area contributed by atoms with Crippen LogP contribution in [0.1, 0.15) is 24.2 Å². The average molecular weight is 337 g/mol. The van der Waals surface area contributed by atoms with Gasteiger partial charge < -0.3 is 14.9 Å². The van der Waals surface area contributed by atoms with E-state index in [0.29, 0.717) is 12.2 Å². The summed E-state index contributed by atoms with van der Waals surface area (Å²) in [6.07, 6.45) is 0.144. The fourth-order valence-electron chi connectivity index (χ4n) is 1.84. The van der Waals surface area contributed by atoms with E-state index in [9.17, 15) is 5.11 Å². The minimum absolute atomic E-state index is 0.145. The van der Waals surface area contributed by atoms with Gasteiger partial charge in [0.05, 0.1) is 10.6 Å². The molecule has 0 spiro atoms. The van der Waals surface area contributed by atoms with Gasteiger partial charge in [-0.1, -0.05) is 18.2 Å². The van der Waals surface area contributed by atoms with Crippen LogP contribution in [0.15, 0.2) is 46.9 Å². The maximum atomic E-state index is 9.53. The average Bonchev–Trinajstić information content (AvgIpc) is 2.43. The molecule has 2 aromatic rings. The number of rotatable bonds is 5. The topological polar surface area (TPSA) is 49.7 Å².